The van der Waals surface area contributed by atoms with Gasteiger partial charge >= 0.3 is 5.97 Å². The van der Waals surface area contributed by atoms with Gasteiger partial charge in [-0.05, 0) is 37.6 Å². The number of hydrogen-bond acceptors (Lipinski definition) is 5. The second-order valence-corrected chi connectivity index (χ2v) is 5.69. The molecule has 0 aliphatic heterocycles. The smallest absolute Gasteiger partial charge is 0.310 e. The predicted octanol–water partition coefficient (Wildman–Crippen LogP) is 3.38. The number of hydrogen-bond donors (Lipinski definition) is 1. The number of aromatic nitrogens is 1. The first-order valence-corrected chi connectivity index (χ1v) is 8.14. The van der Waals surface area contributed by atoms with Gasteiger partial charge in [-0.15, -0.1) is 0 Å². The second kappa shape index (κ2) is 9.03. The van der Waals surface area contributed by atoms with Gasteiger partial charge in [-0.2, -0.15) is 0 Å². The van der Waals surface area contributed by atoms with Crippen molar-refractivity contribution in [2.75, 3.05) is 11.9 Å². The van der Waals surface area contributed by atoms with Gasteiger partial charge in [0.25, 0.3) is 5.91 Å². The number of carbonyl (C=O) groups excluding carboxylic acids is 2. The minimum absolute atomic E-state index is 0.0413. The highest BCUT2D eigenvalue weighted by Crippen LogP contribution is 2.18. The van der Waals surface area contributed by atoms with E-state index in [2.05, 4.69) is 10.3 Å². The van der Waals surface area contributed by atoms with Crippen molar-refractivity contribution in [1.29, 1.82) is 0 Å². The average molecular weight is 363 g/mol. The number of amides is 1. The minimum atomic E-state index is -0.956. The van der Waals surface area contributed by atoms with Crippen molar-refractivity contribution in [2.45, 2.75) is 26.4 Å². The molecular weight excluding hydrogens is 344 g/mol. The van der Waals surface area contributed by atoms with Gasteiger partial charge in [0.1, 0.15) is 5.75 Å². The number of ether oxygens (including phenoxy) is 2. The van der Waals surface area contributed by atoms with E-state index in [-0.39, 0.29) is 18.2 Å². The maximum Gasteiger partial charge on any atom is 0.310 e. The van der Waals surface area contributed by atoms with Crippen LogP contribution in [0, 0.1) is 6.92 Å². The third kappa shape index (κ3) is 5.76. The summed E-state index contributed by atoms with van der Waals surface area (Å²) in [5, 5.41) is 2.73. The summed E-state index contributed by atoms with van der Waals surface area (Å²) in [7, 11) is 0. The minimum Gasteiger partial charge on any atom is -0.493 e. The topological polar surface area (TPSA) is 77.5 Å². The van der Waals surface area contributed by atoms with Gasteiger partial charge in [-0.3, -0.25) is 9.59 Å². The van der Waals surface area contributed by atoms with E-state index < -0.39 is 18.0 Å². The quantitative estimate of drug-likeness (QED) is 0.603. The van der Waals surface area contributed by atoms with Gasteiger partial charge in [0, 0.05) is 6.20 Å². The van der Waals surface area contributed by atoms with Crippen LogP contribution in [0.15, 0.2) is 42.6 Å². The Morgan fingerprint density at radius 2 is 2.00 bits per heavy atom. The lowest BCUT2D eigenvalue weighted by Crippen LogP contribution is -2.30. The number of para-hydroxylation sites is 1. The first-order valence-electron chi connectivity index (χ1n) is 7.76. The van der Waals surface area contributed by atoms with Crippen molar-refractivity contribution < 1.29 is 19.1 Å². The molecule has 1 heterocycles. The number of nitrogens with one attached hydrogen (secondary N) is 1. The maximum absolute atomic E-state index is 12.0. The summed E-state index contributed by atoms with van der Waals surface area (Å²) in [6, 6.07) is 10.8. The molecule has 2 rings (SSSR count). The lowest BCUT2D eigenvalue weighted by Gasteiger charge is -2.14. The first-order chi connectivity index (χ1) is 12.0. The molecule has 0 aliphatic rings. The van der Waals surface area contributed by atoms with Crippen molar-refractivity contribution in [2.24, 2.45) is 0 Å². The van der Waals surface area contributed by atoms with Crippen LogP contribution in [-0.2, 0) is 14.3 Å². The van der Waals surface area contributed by atoms with Gasteiger partial charge in [0.2, 0.25) is 0 Å². The summed E-state index contributed by atoms with van der Waals surface area (Å²) in [5.74, 6) is -0.288. The van der Waals surface area contributed by atoms with E-state index in [1.807, 2.05) is 31.2 Å². The van der Waals surface area contributed by atoms with Crippen LogP contribution in [0.2, 0.25) is 5.15 Å². The fourth-order valence-electron chi connectivity index (χ4n) is 1.99. The van der Waals surface area contributed by atoms with Crippen molar-refractivity contribution in [3.05, 3.63) is 53.3 Å². The maximum atomic E-state index is 12.0. The molecule has 0 radical (unpaired) electrons. The molecule has 25 heavy (non-hydrogen) atoms. The Morgan fingerprint density at radius 1 is 1.24 bits per heavy atom. The number of nitrogens with zero attached hydrogens (tertiary/aromatic N) is 1. The number of esters is 1. The standard InChI is InChI=1S/C18H19ClN2O4/c1-12-6-3-4-8-15(12)24-11-9-16(22)25-13(2)18(23)21-14-7-5-10-20-17(14)19/h3-8,10,13H,9,11H2,1-2H3,(H,21,23)/t13-/m1/s1. The predicted molar refractivity (Wildman–Crippen MR) is 94.7 cm³/mol. The van der Waals surface area contributed by atoms with Crippen LogP contribution in [-0.4, -0.2) is 29.6 Å². The number of anilines is 1. The summed E-state index contributed by atoms with van der Waals surface area (Å²) in [6.45, 7) is 3.58. The third-order valence-electron chi connectivity index (χ3n) is 3.35. The SMILES string of the molecule is Cc1ccccc1OCCC(=O)O[C@H](C)C(=O)Nc1cccnc1Cl. The average Bonchev–Trinajstić information content (AvgIpc) is 2.58. The van der Waals surface area contributed by atoms with Crippen molar-refractivity contribution in [1.82, 2.24) is 4.98 Å². The molecule has 0 spiro atoms. The lowest BCUT2D eigenvalue weighted by molar-refractivity contribution is -0.153. The Morgan fingerprint density at radius 3 is 2.72 bits per heavy atom. The molecule has 0 unspecified atom stereocenters. The molecule has 2 aromatic rings. The molecule has 132 valence electrons. The highest BCUT2D eigenvalue weighted by Gasteiger charge is 2.19. The van der Waals surface area contributed by atoms with Crippen LogP contribution in [0.3, 0.4) is 0 Å². The molecule has 7 heteroatoms. The molecule has 0 aliphatic carbocycles. The van der Waals surface area contributed by atoms with E-state index >= 15 is 0 Å². The molecule has 6 nitrogen and oxygen atoms in total. The van der Waals surface area contributed by atoms with E-state index in [1.54, 1.807) is 12.1 Å². The first kappa shape index (κ1) is 18.7. The lowest BCUT2D eigenvalue weighted by atomic mass is 10.2. The van der Waals surface area contributed by atoms with Crippen LogP contribution in [0.5, 0.6) is 5.75 Å². The van der Waals surface area contributed by atoms with E-state index in [4.69, 9.17) is 21.1 Å². The summed E-state index contributed by atoms with van der Waals surface area (Å²) in [6.07, 6.45) is 0.595. The van der Waals surface area contributed by atoms with Crippen LogP contribution in [0.25, 0.3) is 0 Å². The van der Waals surface area contributed by atoms with Gasteiger partial charge < -0.3 is 14.8 Å². The van der Waals surface area contributed by atoms with Gasteiger partial charge in [0.15, 0.2) is 11.3 Å². The van der Waals surface area contributed by atoms with Crippen LogP contribution < -0.4 is 10.1 Å². The molecule has 0 saturated carbocycles. The summed E-state index contributed by atoms with van der Waals surface area (Å²) in [4.78, 5) is 27.7. The highest BCUT2D eigenvalue weighted by atomic mass is 35.5. The van der Waals surface area contributed by atoms with E-state index in [1.165, 1.54) is 13.1 Å². The fraction of sp³-hybridized carbons (Fsp3) is 0.278. The van der Waals surface area contributed by atoms with Crippen LogP contribution >= 0.6 is 11.6 Å². The number of benzene rings is 1. The highest BCUT2D eigenvalue weighted by molar-refractivity contribution is 6.32. The monoisotopic (exact) mass is 362 g/mol. The van der Waals surface area contributed by atoms with Crippen LogP contribution in [0.1, 0.15) is 18.9 Å². The number of carbonyl (C=O) groups is 2. The Bertz CT molecular complexity index is 751. The Hall–Kier alpha value is -2.60. The molecule has 1 atom stereocenters. The van der Waals surface area contributed by atoms with Gasteiger partial charge in [-0.25, -0.2) is 4.98 Å². The number of rotatable bonds is 7. The summed E-state index contributed by atoms with van der Waals surface area (Å²) >= 11 is 5.87. The van der Waals surface area contributed by atoms with E-state index in [0.717, 1.165) is 5.56 Å². The van der Waals surface area contributed by atoms with E-state index in [0.29, 0.717) is 11.4 Å². The largest absolute Gasteiger partial charge is 0.493 e. The number of aryl methyl sites for hydroxylation is 1. The summed E-state index contributed by atoms with van der Waals surface area (Å²) in [5.41, 5.74) is 1.34. The zero-order chi connectivity index (χ0) is 18.2. The number of pyridine rings is 1. The van der Waals surface area contributed by atoms with Gasteiger partial charge in [-0.1, -0.05) is 29.8 Å². The zero-order valence-corrected chi connectivity index (χ0v) is 14.7. The van der Waals surface area contributed by atoms with Crippen molar-refractivity contribution in [3.63, 3.8) is 0 Å². The zero-order valence-electron chi connectivity index (χ0n) is 14.0. The van der Waals surface area contributed by atoms with E-state index in [9.17, 15) is 9.59 Å². The van der Waals surface area contributed by atoms with Crippen LogP contribution in [0.4, 0.5) is 5.69 Å². The molecule has 0 bridgehead atoms. The molecule has 0 saturated heterocycles. The molecular formula is C18H19ClN2O4. The molecule has 1 amide bonds. The van der Waals surface area contributed by atoms with Crippen molar-refractivity contribution >= 4 is 29.2 Å². The van der Waals surface area contributed by atoms with Crippen molar-refractivity contribution in [3.8, 4) is 5.75 Å². The normalized spacial score (nSPS) is 11.5. The molecule has 1 aromatic heterocycles. The van der Waals surface area contributed by atoms with Gasteiger partial charge in [0.05, 0.1) is 18.7 Å². The molecule has 1 aromatic carbocycles. The second-order valence-electron chi connectivity index (χ2n) is 5.33. The fourth-order valence-corrected chi connectivity index (χ4v) is 2.15. The summed E-state index contributed by atoms with van der Waals surface area (Å²) < 4.78 is 10.6. The Balaban J connectivity index is 1.77. The Labute approximate surface area is 151 Å². The number of halogens is 1. The molecule has 0 fully saturated rings. The Kier molecular flexibility index (Phi) is 6.77. The molecule has 1 N–H and O–H groups in total. The third-order valence-corrected chi connectivity index (χ3v) is 3.65.